The summed E-state index contributed by atoms with van der Waals surface area (Å²) in [7, 11) is -1.09. The van der Waals surface area contributed by atoms with Crippen LogP contribution in [0, 0.1) is 0 Å². The number of hydrogen-bond acceptors (Lipinski definition) is 8. The van der Waals surface area contributed by atoms with Gasteiger partial charge in [0.05, 0.1) is 27.0 Å². The molecule has 11 heteroatoms. The largest absolute Gasteiger partial charge is 0.496 e. The maximum atomic E-state index is 13.2. The molecule has 0 aliphatic carbocycles. The van der Waals surface area contributed by atoms with E-state index in [1.165, 1.54) is 14.2 Å². The smallest absolute Gasteiger partial charge is 0.266 e. The third-order valence-electron chi connectivity index (χ3n) is 5.24. The first-order chi connectivity index (χ1) is 15.9. The third kappa shape index (κ3) is 4.50. The maximum Gasteiger partial charge on any atom is 0.266 e. The molecular weight excluding hydrogens is 446 g/mol. The molecule has 0 unspecified atom stereocenters. The Kier molecular flexibility index (Phi) is 6.25. The first-order valence-electron chi connectivity index (χ1n) is 10.3. The minimum atomic E-state index is -4.01. The second-order valence-corrected chi connectivity index (χ2v) is 9.05. The van der Waals surface area contributed by atoms with Crippen LogP contribution in [0.25, 0.3) is 11.0 Å². The van der Waals surface area contributed by atoms with E-state index in [4.69, 9.17) is 19.7 Å². The molecule has 0 radical (unpaired) electrons. The van der Waals surface area contributed by atoms with E-state index >= 15 is 0 Å². The van der Waals surface area contributed by atoms with E-state index in [1.54, 1.807) is 35.1 Å². The van der Waals surface area contributed by atoms with Crippen molar-refractivity contribution in [2.75, 3.05) is 18.9 Å². The van der Waals surface area contributed by atoms with E-state index in [0.717, 1.165) is 16.7 Å². The lowest BCUT2D eigenvalue weighted by molar-refractivity contribution is 0.402. The molecule has 0 saturated carbocycles. The molecule has 2 heterocycles. The maximum absolute atomic E-state index is 13.2. The number of nitrogens with zero attached hydrogens (tertiary/aromatic N) is 3. The quantitative estimate of drug-likeness (QED) is 0.380. The molecule has 2 aromatic heterocycles. The fourth-order valence-electron chi connectivity index (χ4n) is 3.53. The second-order valence-electron chi connectivity index (χ2n) is 7.40. The molecule has 0 atom stereocenters. The number of ether oxygens (including phenoxy) is 2. The number of hydrogen-bond donors (Lipinski definition) is 2. The average molecular weight is 472 g/mol. The Labute approximate surface area is 191 Å². The zero-order valence-electron chi connectivity index (χ0n) is 18.5. The molecule has 10 nitrogen and oxygen atoms in total. The van der Waals surface area contributed by atoms with Gasteiger partial charge in [-0.25, -0.2) is 8.42 Å². The molecule has 4 rings (SSSR count). The summed E-state index contributed by atoms with van der Waals surface area (Å²) in [5, 5.41) is 8.65. The van der Waals surface area contributed by atoms with E-state index in [9.17, 15) is 8.42 Å². The highest BCUT2D eigenvalue weighted by atomic mass is 32.2. The highest BCUT2D eigenvalue weighted by Gasteiger charge is 2.25. The van der Waals surface area contributed by atoms with Gasteiger partial charge in [0, 0.05) is 18.3 Å². The predicted octanol–water partition coefficient (Wildman–Crippen LogP) is 2.91. The number of rotatable bonds is 9. The van der Waals surface area contributed by atoms with Crippen LogP contribution in [-0.2, 0) is 29.5 Å². The van der Waals surface area contributed by atoms with Crippen LogP contribution < -0.4 is 19.9 Å². The second kappa shape index (κ2) is 9.12. The monoisotopic (exact) mass is 471 g/mol. The topological polar surface area (TPSA) is 134 Å². The summed E-state index contributed by atoms with van der Waals surface area (Å²) in [4.78, 5) is 0.0190. The SMILES string of the molecule is CCc1ccc(OC)c(S(=O)(=O)Nc2noc3cc(Cn4cc(CN)cn4)cc(OC)c23)c1. The van der Waals surface area contributed by atoms with Crippen molar-refractivity contribution in [2.45, 2.75) is 31.3 Å². The zero-order chi connectivity index (χ0) is 23.6. The number of anilines is 1. The Morgan fingerprint density at radius 1 is 1.09 bits per heavy atom. The predicted molar refractivity (Wildman–Crippen MR) is 123 cm³/mol. The van der Waals surface area contributed by atoms with Crippen molar-refractivity contribution in [2.24, 2.45) is 5.73 Å². The Morgan fingerprint density at radius 3 is 2.55 bits per heavy atom. The number of sulfonamides is 1. The van der Waals surface area contributed by atoms with Crippen molar-refractivity contribution in [3.8, 4) is 11.5 Å². The van der Waals surface area contributed by atoms with E-state index < -0.39 is 10.0 Å². The third-order valence-corrected chi connectivity index (χ3v) is 6.60. The molecule has 0 aliphatic rings. The number of fused-ring (bicyclic) bond motifs is 1. The van der Waals surface area contributed by atoms with Crippen LogP contribution in [0.1, 0.15) is 23.6 Å². The van der Waals surface area contributed by atoms with E-state index in [1.807, 2.05) is 19.2 Å². The fraction of sp³-hybridized carbons (Fsp3) is 0.273. The van der Waals surface area contributed by atoms with Gasteiger partial charge in [-0.3, -0.25) is 9.40 Å². The van der Waals surface area contributed by atoms with Crippen molar-refractivity contribution in [1.29, 1.82) is 0 Å². The summed E-state index contributed by atoms with van der Waals surface area (Å²) in [5.74, 6) is 0.682. The Hall–Kier alpha value is -3.57. The molecular formula is C22H25N5O5S. The lowest BCUT2D eigenvalue weighted by Crippen LogP contribution is -2.15. The number of aryl methyl sites for hydroxylation is 1. The van der Waals surface area contributed by atoms with Gasteiger partial charge in [-0.15, -0.1) is 0 Å². The molecule has 33 heavy (non-hydrogen) atoms. The lowest BCUT2D eigenvalue weighted by atomic mass is 10.1. The summed E-state index contributed by atoms with van der Waals surface area (Å²) < 4.78 is 46.9. The van der Waals surface area contributed by atoms with Crippen molar-refractivity contribution in [1.82, 2.24) is 14.9 Å². The first kappa shape index (κ1) is 22.6. The fourth-order valence-corrected chi connectivity index (χ4v) is 4.76. The average Bonchev–Trinajstić information content (AvgIpc) is 3.44. The summed E-state index contributed by atoms with van der Waals surface area (Å²) in [6.07, 6.45) is 4.24. The summed E-state index contributed by atoms with van der Waals surface area (Å²) >= 11 is 0. The number of methoxy groups -OCH3 is 2. The highest BCUT2D eigenvalue weighted by Crippen LogP contribution is 2.36. The van der Waals surface area contributed by atoms with Crippen LogP contribution in [-0.4, -0.2) is 37.6 Å². The molecule has 0 amide bonds. The van der Waals surface area contributed by atoms with Crippen LogP contribution in [0.3, 0.4) is 0 Å². The standard InChI is InChI=1S/C22H25N5O5S/c1-4-14-5-6-17(30-2)20(9-14)33(28,29)26-22-21-18(31-3)7-15(8-19(21)32-25-22)12-27-13-16(10-23)11-24-27/h5-9,11,13H,4,10,12,23H2,1-3H3,(H,25,26). The molecule has 0 fully saturated rings. The molecule has 3 N–H and O–H groups in total. The van der Waals surface area contributed by atoms with Crippen LogP contribution in [0.4, 0.5) is 5.82 Å². The van der Waals surface area contributed by atoms with Gasteiger partial charge in [0.15, 0.2) is 11.4 Å². The first-order valence-corrected chi connectivity index (χ1v) is 11.7. The van der Waals surface area contributed by atoms with Gasteiger partial charge in [-0.2, -0.15) is 5.10 Å². The van der Waals surface area contributed by atoms with Gasteiger partial charge in [0.2, 0.25) is 0 Å². The van der Waals surface area contributed by atoms with Crippen molar-refractivity contribution in [3.05, 3.63) is 59.4 Å². The van der Waals surface area contributed by atoms with Crippen molar-refractivity contribution < 1.29 is 22.4 Å². The van der Waals surface area contributed by atoms with E-state index in [-0.39, 0.29) is 16.5 Å². The number of nitrogens with two attached hydrogens (primary N) is 1. The molecule has 0 spiro atoms. The van der Waals surface area contributed by atoms with Crippen LogP contribution in [0.5, 0.6) is 11.5 Å². The highest BCUT2D eigenvalue weighted by molar-refractivity contribution is 7.92. The van der Waals surface area contributed by atoms with Gasteiger partial charge in [0.25, 0.3) is 10.0 Å². The molecule has 0 bridgehead atoms. The lowest BCUT2D eigenvalue weighted by Gasteiger charge is -2.12. The van der Waals surface area contributed by atoms with Crippen LogP contribution in [0.15, 0.2) is 52.1 Å². The molecule has 4 aromatic rings. The Balaban J connectivity index is 1.70. The molecule has 2 aromatic carbocycles. The van der Waals surface area contributed by atoms with Crippen molar-refractivity contribution >= 4 is 26.8 Å². The Morgan fingerprint density at radius 2 is 1.88 bits per heavy atom. The van der Waals surface area contributed by atoms with E-state index in [2.05, 4.69) is 15.0 Å². The molecule has 0 saturated heterocycles. The van der Waals surface area contributed by atoms with Crippen LogP contribution >= 0.6 is 0 Å². The van der Waals surface area contributed by atoms with Gasteiger partial charge < -0.3 is 19.7 Å². The molecule has 0 aliphatic heterocycles. The minimum absolute atomic E-state index is 0.0190. The van der Waals surface area contributed by atoms with Gasteiger partial charge in [-0.05, 0) is 41.8 Å². The zero-order valence-corrected chi connectivity index (χ0v) is 19.3. The summed E-state index contributed by atoms with van der Waals surface area (Å²) in [6, 6.07) is 8.60. The number of nitrogens with one attached hydrogen (secondary N) is 1. The number of aromatic nitrogens is 3. The van der Waals surface area contributed by atoms with Gasteiger partial charge in [0.1, 0.15) is 21.8 Å². The Bertz CT molecular complexity index is 1390. The summed E-state index contributed by atoms with van der Waals surface area (Å²) in [5.41, 5.74) is 8.64. The normalized spacial score (nSPS) is 11.6. The van der Waals surface area contributed by atoms with Crippen molar-refractivity contribution in [3.63, 3.8) is 0 Å². The van der Waals surface area contributed by atoms with Gasteiger partial charge in [-0.1, -0.05) is 18.1 Å². The molecule has 174 valence electrons. The van der Waals surface area contributed by atoms with Crippen LogP contribution in [0.2, 0.25) is 0 Å². The minimum Gasteiger partial charge on any atom is -0.496 e. The van der Waals surface area contributed by atoms with E-state index in [0.29, 0.717) is 36.2 Å². The number of benzene rings is 2. The summed E-state index contributed by atoms with van der Waals surface area (Å²) in [6.45, 7) is 2.80. The van der Waals surface area contributed by atoms with Gasteiger partial charge >= 0.3 is 0 Å².